The Balaban J connectivity index is 1.99. The number of hydrogen-bond acceptors (Lipinski definition) is 7. The van der Waals surface area contributed by atoms with E-state index in [1.807, 2.05) is 6.92 Å². The maximum Gasteiger partial charge on any atom is 0.323 e. The summed E-state index contributed by atoms with van der Waals surface area (Å²) >= 11 is 0. The Hall–Kier alpha value is -3.82. The summed E-state index contributed by atoms with van der Waals surface area (Å²) in [6.07, 6.45) is 2.39. The number of pyridine rings is 1. The SMILES string of the molecule is CCCCC(CC(=O)c1c(C)nc2c(OCc3c(F)cccc3F)cccn12)(C(=O)OCC)C(=O)OCC. The molecule has 0 bridgehead atoms. The summed E-state index contributed by atoms with van der Waals surface area (Å²) in [5, 5.41) is 0. The van der Waals surface area contributed by atoms with E-state index in [1.165, 1.54) is 10.5 Å². The average molecular weight is 531 g/mol. The predicted octanol–water partition coefficient (Wildman–Crippen LogP) is 5.38. The number of esters is 2. The van der Waals surface area contributed by atoms with E-state index in [-0.39, 0.29) is 48.9 Å². The maximum absolute atomic E-state index is 14.1. The fraction of sp³-hybridized carbons (Fsp3) is 0.429. The summed E-state index contributed by atoms with van der Waals surface area (Å²) in [6.45, 7) is 6.46. The number of hydrogen-bond donors (Lipinski definition) is 0. The van der Waals surface area contributed by atoms with Crippen LogP contribution in [0.1, 0.15) is 68.2 Å². The van der Waals surface area contributed by atoms with Crippen LogP contribution in [0.3, 0.4) is 0 Å². The Labute approximate surface area is 219 Å². The molecule has 2 heterocycles. The lowest BCUT2D eigenvalue weighted by Gasteiger charge is -2.28. The summed E-state index contributed by atoms with van der Waals surface area (Å²) in [6, 6.07) is 6.70. The molecule has 0 saturated carbocycles. The van der Waals surface area contributed by atoms with Crippen molar-refractivity contribution in [2.75, 3.05) is 13.2 Å². The predicted molar refractivity (Wildman–Crippen MR) is 135 cm³/mol. The molecule has 38 heavy (non-hydrogen) atoms. The molecule has 0 radical (unpaired) electrons. The number of benzene rings is 1. The molecular formula is C28H32F2N2O6. The Morgan fingerprint density at radius 1 is 0.974 bits per heavy atom. The molecule has 0 atom stereocenters. The van der Waals surface area contributed by atoms with E-state index >= 15 is 0 Å². The van der Waals surface area contributed by atoms with Gasteiger partial charge in [-0.05, 0) is 51.5 Å². The molecule has 0 aliphatic rings. The zero-order valence-corrected chi connectivity index (χ0v) is 22.0. The summed E-state index contributed by atoms with van der Waals surface area (Å²) in [5.74, 6) is -3.40. The van der Waals surface area contributed by atoms with E-state index < -0.39 is 41.2 Å². The number of ether oxygens (including phenoxy) is 3. The normalized spacial score (nSPS) is 11.4. The van der Waals surface area contributed by atoms with Crippen molar-refractivity contribution >= 4 is 23.4 Å². The fourth-order valence-corrected chi connectivity index (χ4v) is 4.32. The van der Waals surface area contributed by atoms with Gasteiger partial charge in [0.15, 0.2) is 22.6 Å². The highest BCUT2D eigenvalue weighted by molar-refractivity contribution is 6.07. The number of aryl methyl sites for hydroxylation is 1. The lowest BCUT2D eigenvalue weighted by molar-refractivity contribution is -0.172. The molecule has 1 aromatic carbocycles. The summed E-state index contributed by atoms with van der Waals surface area (Å²) in [7, 11) is 0. The molecule has 0 amide bonds. The highest BCUT2D eigenvalue weighted by Gasteiger charge is 2.50. The largest absolute Gasteiger partial charge is 0.485 e. The molecule has 0 N–H and O–H groups in total. The van der Waals surface area contributed by atoms with Crippen molar-refractivity contribution in [3.63, 3.8) is 0 Å². The van der Waals surface area contributed by atoms with Gasteiger partial charge in [0.25, 0.3) is 0 Å². The smallest absolute Gasteiger partial charge is 0.323 e. The summed E-state index contributed by atoms with van der Waals surface area (Å²) in [4.78, 5) is 44.3. The van der Waals surface area contributed by atoms with Crippen LogP contribution in [-0.4, -0.2) is 40.3 Å². The quantitative estimate of drug-likeness (QED) is 0.166. The van der Waals surface area contributed by atoms with Gasteiger partial charge >= 0.3 is 11.9 Å². The third-order valence-corrected chi connectivity index (χ3v) is 6.24. The second-order valence-corrected chi connectivity index (χ2v) is 8.83. The second-order valence-electron chi connectivity index (χ2n) is 8.83. The van der Waals surface area contributed by atoms with Crippen LogP contribution in [-0.2, 0) is 25.7 Å². The van der Waals surface area contributed by atoms with Gasteiger partial charge in [-0.25, -0.2) is 13.8 Å². The van der Waals surface area contributed by atoms with Crippen LogP contribution >= 0.6 is 0 Å². The zero-order chi connectivity index (χ0) is 27.9. The number of fused-ring (bicyclic) bond motifs is 1. The number of Topliss-reactive ketones (excluding diaryl/α,β-unsaturated/α-hetero) is 1. The number of unbranched alkanes of at least 4 members (excludes halogenated alkanes) is 1. The Morgan fingerprint density at radius 2 is 1.61 bits per heavy atom. The number of ketones is 1. The molecule has 0 fully saturated rings. The Bertz CT molecular complexity index is 1280. The molecule has 10 heteroatoms. The molecule has 0 spiro atoms. The van der Waals surface area contributed by atoms with Gasteiger partial charge in [-0.15, -0.1) is 0 Å². The number of rotatable bonds is 13. The Kier molecular flexibility index (Phi) is 9.55. The van der Waals surface area contributed by atoms with Crippen LogP contribution in [0, 0.1) is 24.0 Å². The van der Waals surface area contributed by atoms with Crippen LogP contribution in [0.5, 0.6) is 5.75 Å². The number of carbonyl (C=O) groups is 3. The molecule has 0 saturated heterocycles. The molecular weight excluding hydrogens is 498 g/mol. The van der Waals surface area contributed by atoms with Crippen LogP contribution in [0.4, 0.5) is 8.78 Å². The molecule has 3 rings (SSSR count). The van der Waals surface area contributed by atoms with E-state index in [1.54, 1.807) is 39.1 Å². The first-order chi connectivity index (χ1) is 18.2. The van der Waals surface area contributed by atoms with Gasteiger partial charge in [0.05, 0.1) is 24.5 Å². The van der Waals surface area contributed by atoms with Crippen LogP contribution in [0.25, 0.3) is 5.65 Å². The molecule has 0 aliphatic heterocycles. The standard InChI is InChI=1S/C28H32F2N2O6/c1-5-8-14-28(26(34)36-6-2,27(35)37-7-3)16-22(33)24-18(4)31-25-23(13-10-15-32(24)25)38-17-19-20(29)11-9-12-21(19)30/h9-13,15H,5-8,14,16-17H2,1-4H3. The molecule has 0 aliphatic carbocycles. The minimum Gasteiger partial charge on any atom is -0.485 e. The first-order valence-electron chi connectivity index (χ1n) is 12.6. The first kappa shape index (κ1) is 28.7. The minimum atomic E-state index is -1.80. The molecule has 8 nitrogen and oxygen atoms in total. The summed E-state index contributed by atoms with van der Waals surface area (Å²) in [5.41, 5.74) is -1.31. The van der Waals surface area contributed by atoms with Crippen molar-refractivity contribution in [3.8, 4) is 5.75 Å². The van der Waals surface area contributed by atoms with Gasteiger partial charge < -0.3 is 14.2 Å². The van der Waals surface area contributed by atoms with Crippen molar-refractivity contribution in [1.82, 2.24) is 9.38 Å². The van der Waals surface area contributed by atoms with Crippen molar-refractivity contribution in [1.29, 1.82) is 0 Å². The maximum atomic E-state index is 14.1. The molecule has 0 unspecified atom stereocenters. The van der Waals surface area contributed by atoms with Gasteiger partial charge in [0.1, 0.15) is 23.9 Å². The van der Waals surface area contributed by atoms with Gasteiger partial charge in [0.2, 0.25) is 0 Å². The third-order valence-electron chi connectivity index (χ3n) is 6.24. The third kappa shape index (κ3) is 5.84. The van der Waals surface area contributed by atoms with E-state index in [9.17, 15) is 23.2 Å². The number of carbonyl (C=O) groups excluding carboxylic acids is 3. The number of imidazole rings is 1. The van der Waals surface area contributed by atoms with Crippen molar-refractivity contribution in [3.05, 3.63) is 65.1 Å². The topological polar surface area (TPSA) is 96.2 Å². The number of halogens is 2. The van der Waals surface area contributed by atoms with Crippen LogP contribution in [0.15, 0.2) is 36.5 Å². The average Bonchev–Trinajstić information content (AvgIpc) is 3.23. The molecule has 204 valence electrons. The Morgan fingerprint density at radius 3 is 2.18 bits per heavy atom. The van der Waals surface area contributed by atoms with E-state index in [0.717, 1.165) is 12.1 Å². The van der Waals surface area contributed by atoms with Crippen LogP contribution < -0.4 is 4.74 Å². The van der Waals surface area contributed by atoms with Crippen molar-refractivity contribution < 1.29 is 37.4 Å². The van der Waals surface area contributed by atoms with Crippen molar-refractivity contribution in [2.45, 2.75) is 60.0 Å². The van der Waals surface area contributed by atoms with Gasteiger partial charge in [-0.3, -0.25) is 18.8 Å². The molecule has 3 aromatic rings. The lowest BCUT2D eigenvalue weighted by atomic mass is 9.77. The van der Waals surface area contributed by atoms with Crippen molar-refractivity contribution in [2.24, 2.45) is 5.41 Å². The molecule has 2 aromatic heterocycles. The monoisotopic (exact) mass is 530 g/mol. The van der Waals surface area contributed by atoms with Gasteiger partial charge in [0, 0.05) is 12.6 Å². The van der Waals surface area contributed by atoms with E-state index in [2.05, 4.69) is 4.98 Å². The van der Waals surface area contributed by atoms with E-state index in [4.69, 9.17) is 14.2 Å². The van der Waals surface area contributed by atoms with Crippen LogP contribution in [0.2, 0.25) is 0 Å². The summed E-state index contributed by atoms with van der Waals surface area (Å²) < 4.78 is 45.7. The lowest BCUT2D eigenvalue weighted by Crippen LogP contribution is -2.44. The zero-order valence-electron chi connectivity index (χ0n) is 22.0. The van der Waals surface area contributed by atoms with E-state index in [0.29, 0.717) is 18.5 Å². The highest BCUT2D eigenvalue weighted by atomic mass is 19.1. The number of nitrogens with zero attached hydrogens (tertiary/aromatic N) is 2. The highest BCUT2D eigenvalue weighted by Crippen LogP contribution is 2.35. The minimum absolute atomic E-state index is 0.0399. The van der Waals surface area contributed by atoms with Gasteiger partial charge in [-0.1, -0.05) is 25.8 Å². The van der Waals surface area contributed by atoms with Gasteiger partial charge in [-0.2, -0.15) is 0 Å². The second kappa shape index (κ2) is 12.6. The first-order valence-corrected chi connectivity index (χ1v) is 12.6. The fourth-order valence-electron chi connectivity index (χ4n) is 4.32. The number of aromatic nitrogens is 2.